The summed E-state index contributed by atoms with van der Waals surface area (Å²) in [5.41, 5.74) is 0.260. The first-order valence-corrected chi connectivity index (χ1v) is 13.7. The van der Waals surface area contributed by atoms with Gasteiger partial charge in [-0.25, -0.2) is 4.98 Å². The maximum absolute atomic E-state index is 13.5. The summed E-state index contributed by atoms with van der Waals surface area (Å²) in [4.78, 5) is 31.0. The van der Waals surface area contributed by atoms with Crippen molar-refractivity contribution in [2.24, 2.45) is 11.3 Å². The summed E-state index contributed by atoms with van der Waals surface area (Å²) in [6.07, 6.45) is 0.142. The number of allylic oxidation sites excluding steroid dienone is 1. The highest BCUT2D eigenvalue weighted by Crippen LogP contribution is 2.34. The normalized spacial score (nSPS) is 29.9. The number of carbonyl (C=O) groups is 2. The number of esters is 1. The van der Waals surface area contributed by atoms with Crippen molar-refractivity contribution in [3.63, 3.8) is 0 Å². The zero-order valence-corrected chi connectivity index (χ0v) is 23.3. The fourth-order valence-electron chi connectivity index (χ4n) is 4.46. The van der Waals surface area contributed by atoms with E-state index >= 15 is 0 Å². The van der Waals surface area contributed by atoms with Crippen molar-refractivity contribution in [2.45, 2.75) is 77.8 Å². The van der Waals surface area contributed by atoms with E-state index in [0.29, 0.717) is 17.9 Å². The molecule has 0 fully saturated rings. The van der Waals surface area contributed by atoms with E-state index in [1.54, 1.807) is 44.3 Å². The van der Waals surface area contributed by atoms with Crippen molar-refractivity contribution in [1.29, 1.82) is 0 Å². The number of nitrogens with zero attached hydrogens (tertiary/aromatic N) is 1. The summed E-state index contributed by atoms with van der Waals surface area (Å²) in [5, 5.41) is 23.3. The maximum Gasteiger partial charge on any atom is 0.309 e. The summed E-state index contributed by atoms with van der Waals surface area (Å²) in [6.45, 7) is 10.7. The van der Waals surface area contributed by atoms with E-state index in [2.05, 4.69) is 11.6 Å². The van der Waals surface area contributed by atoms with Gasteiger partial charge in [-0.15, -0.1) is 17.9 Å². The molecule has 37 heavy (non-hydrogen) atoms. The van der Waals surface area contributed by atoms with Gasteiger partial charge < -0.3 is 19.7 Å². The number of Topliss-reactive ketones (excluding diaryl/α,β-unsaturated/α-hetero) is 1. The molecule has 7 nitrogen and oxygen atoms in total. The van der Waals surface area contributed by atoms with Crippen molar-refractivity contribution in [3.05, 3.63) is 52.5 Å². The molecule has 0 radical (unpaired) electrons. The van der Waals surface area contributed by atoms with Crippen LogP contribution in [-0.2, 0) is 19.1 Å². The highest BCUT2D eigenvalue weighted by atomic mass is 35.5. The number of halogens is 1. The molecule has 1 aliphatic rings. The molecule has 1 aromatic carbocycles. The van der Waals surface area contributed by atoms with E-state index in [4.69, 9.17) is 21.1 Å². The SMILES string of the molecule is C=CC[C@H]1C(=O)C(C)(C)[C@@H](O)CC(=O)O[C@H](c2ccc3sc(C)nc3c2)C/C=C(\Cl)CCO[C@@H](C)[C@H]1O. The van der Waals surface area contributed by atoms with Crippen LogP contribution in [0.25, 0.3) is 10.2 Å². The molecule has 9 heteroatoms. The van der Waals surface area contributed by atoms with Gasteiger partial charge in [-0.05, 0) is 38.0 Å². The summed E-state index contributed by atoms with van der Waals surface area (Å²) in [7, 11) is 0. The maximum atomic E-state index is 13.5. The van der Waals surface area contributed by atoms with Crippen molar-refractivity contribution < 1.29 is 29.3 Å². The molecule has 1 aromatic heterocycles. The van der Waals surface area contributed by atoms with Gasteiger partial charge in [0, 0.05) is 17.9 Å². The van der Waals surface area contributed by atoms with E-state index in [1.165, 1.54) is 0 Å². The third kappa shape index (κ3) is 7.27. The molecule has 5 atom stereocenters. The number of ketones is 1. The first kappa shape index (κ1) is 29.5. The largest absolute Gasteiger partial charge is 0.457 e. The minimum atomic E-state index is -1.32. The van der Waals surface area contributed by atoms with E-state index < -0.39 is 41.7 Å². The van der Waals surface area contributed by atoms with Crippen LogP contribution in [-0.4, -0.2) is 51.9 Å². The van der Waals surface area contributed by atoms with E-state index in [0.717, 1.165) is 20.8 Å². The smallest absolute Gasteiger partial charge is 0.309 e. The number of thiazole rings is 1. The van der Waals surface area contributed by atoms with Crippen LogP contribution in [0.15, 0.2) is 42.0 Å². The van der Waals surface area contributed by atoms with Crippen molar-refractivity contribution >= 4 is 44.9 Å². The number of fused-ring (bicyclic) bond motifs is 1. The first-order chi connectivity index (χ1) is 17.4. The van der Waals surface area contributed by atoms with Crippen LogP contribution < -0.4 is 0 Å². The molecule has 2 heterocycles. The minimum Gasteiger partial charge on any atom is -0.457 e. The number of hydrogen-bond acceptors (Lipinski definition) is 8. The van der Waals surface area contributed by atoms with Gasteiger partial charge in [-0.2, -0.15) is 0 Å². The second-order valence-corrected chi connectivity index (χ2v) is 11.8. The van der Waals surface area contributed by atoms with Crippen LogP contribution in [0.2, 0.25) is 0 Å². The van der Waals surface area contributed by atoms with Gasteiger partial charge in [0.15, 0.2) is 0 Å². The van der Waals surface area contributed by atoms with Crippen LogP contribution in [0.4, 0.5) is 0 Å². The molecule has 0 unspecified atom stereocenters. The van der Waals surface area contributed by atoms with Gasteiger partial charge >= 0.3 is 5.97 Å². The summed E-state index contributed by atoms with van der Waals surface area (Å²) >= 11 is 8.02. The Labute approximate surface area is 227 Å². The van der Waals surface area contributed by atoms with Gasteiger partial charge in [0.1, 0.15) is 11.9 Å². The second-order valence-electron chi connectivity index (χ2n) is 10.1. The summed E-state index contributed by atoms with van der Waals surface area (Å²) in [5.74, 6) is -1.86. The number of aliphatic hydroxyl groups is 2. The van der Waals surface area contributed by atoms with Crippen molar-refractivity contribution in [2.75, 3.05) is 6.61 Å². The average Bonchev–Trinajstić information content (AvgIpc) is 3.22. The lowest BCUT2D eigenvalue weighted by molar-refractivity contribution is -0.156. The first-order valence-electron chi connectivity index (χ1n) is 12.5. The summed E-state index contributed by atoms with van der Waals surface area (Å²) < 4.78 is 12.7. The number of aryl methyl sites for hydroxylation is 1. The lowest BCUT2D eigenvalue weighted by atomic mass is 9.72. The Hall–Kier alpha value is -2.10. The Bertz CT molecular complexity index is 1160. The number of cyclic esters (lactones) is 1. The van der Waals surface area contributed by atoms with Crippen LogP contribution in [0.1, 0.15) is 63.1 Å². The standard InChI is InChI=1S/C28H36ClNO6S/c1-6-7-20-26(33)16(2)35-13-12-19(29)9-10-22(18-8-11-23-21(14-18)30-17(3)37-23)36-25(32)15-24(31)28(4,5)27(20)34/h6,8-9,11,14,16,20,22,24,26,31,33H,1,7,10,12-13,15H2,2-5H3/b19-9-/t16-,20+,22-,24-,26+/m0/s1. The third-order valence-corrected chi connectivity index (χ3v) is 8.21. The number of hydrogen-bond donors (Lipinski definition) is 2. The Kier molecular flexibility index (Phi) is 10.1. The Morgan fingerprint density at radius 3 is 2.73 bits per heavy atom. The molecular weight excluding hydrogens is 514 g/mol. The topological polar surface area (TPSA) is 106 Å². The Balaban J connectivity index is 1.93. The van der Waals surface area contributed by atoms with Gasteiger partial charge in [0.25, 0.3) is 0 Å². The molecule has 2 N–H and O–H groups in total. The molecule has 3 rings (SSSR count). The summed E-state index contributed by atoms with van der Waals surface area (Å²) in [6, 6.07) is 5.74. The zero-order chi connectivity index (χ0) is 27.3. The van der Waals surface area contributed by atoms with E-state index in [-0.39, 0.29) is 25.2 Å². The van der Waals surface area contributed by atoms with Gasteiger partial charge in [0.05, 0.1) is 57.9 Å². The molecule has 202 valence electrons. The monoisotopic (exact) mass is 549 g/mol. The predicted octanol–water partition coefficient (Wildman–Crippen LogP) is 5.41. The lowest BCUT2D eigenvalue weighted by Gasteiger charge is -2.35. The van der Waals surface area contributed by atoms with Crippen LogP contribution in [0.3, 0.4) is 0 Å². The second kappa shape index (κ2) is 12.6. The minimum absolute atomic E-state index is 0.204. The molecule has 0 saturated heterocycles. The molecule has 0 spiro atoms. The van der Waals surface area contributed by atoms with E-state index in [9.17, 15) is 19.8 Å². The molecule has 0 aliphatic carbocycles. The van der Waals surface area contributed by atoms with Crippen molar-refractivity contribution in [1.82, 2.24) is 4.98 Å². The molecule has 1 aliphatic heterocycles. The number of rotatable bonds is 3. The Morgan fingerprint density at radius 1 is 1.30 bits per heavy atom. The zero-order valence-electron chi connectivity index (χ0n) is 21.8. The number of aliphatic hydroxyl groups excluding tert-OH is 2. The van der Waals surface area contributed by atoms with E-state index in [1.807, 2.05) is 25.1 Å². The molecule has 0 amide bonds. The van der Waals surface area contributed by atoms with Gasteiger partial charge in [-0.1, -0.05) is 43.7 Å². The van der Waals surface area contributed by atoms with Crippen molar-refractivity contribution in [3.8, 4) is 0 Å². The van der Waals surface area contributed by atoms with Crippen LogP contribution in [0.5, 0.6) is 0 Å². The number of benzene rings is 1. The Morgan fingerprint density at radius 2 is 2.03 bits per heavy atom. The quantitative estimate of drug-likeness (QED) is 0.389. The molecule has 0 bridgehead atoms. The predicted molar refractivity (Wildman–Crippen MR) is 145 cm³/mol. The number of aromatic nitrogens is 1. The lowest BCUT2D eigenvalue weighted by Crippen LogP contribution is -2.47. The third-order valence-electron chi connectivity index (χ3n) is 6.92. The molecular formula is C28H36ClNO6S. The van der Waals surface area contributed by atoms with Gasteiger partial charge in [0.2, 0.25) is 0 Å². The highest BCUT2D eigenvalue weighted by molar-refractivity contribution is 7.18. The molecule has 0 saturated carbocycles. The van der Waals surface area contributed by atoms with Gasteiger partial charge in [-0.3, -0.25) is 9.59 Å². The highest BCUT2D eigenvalue weighted by Gasteiger charge is 2.44. The van der Waals surface area contributed by atoms with Crippen LogP contribution >= 0.6 is 22.9 Å². The fourth-order valence-corrected chi connectivity index (χ4v) is 5.43. The average molecular weight is 550 g/mol. The number of ether oxygens (including phenoxy) is 2. The fraction of sp³-hybridized carbons (Fsp3) is 0.536. The molecule has 2 aromatic rings. The number of carbonyl (C=O) groups excluding carboxylic acids is 2. The van der Waals surface area contributed by atoms with Crippen LogP contribution in [0, 0.1) is 18.3 Å².